The minimum atomic E-state index is -0.930. The molecule has 1 aliphatic rings. The van der Waals surface area contributed by atoms with Gasteiger partial charge in [-0.05, 0) is 19.8 Å². The lowest BCUT2D eigenvalue weighted by atomic mass is 9.93. The number of hydrogen-bond acceptors (Lipinski definition) is 3. The number of carboxylic acids is 1. The number of carbonyl (C=O) groups excluding carboxylic acids is 2. The summed E-state index contributed by atoms with van der Waals surface area (Å²) in [5.41, 5.74) is 4.39. The standard InChI is InChI=1S/C12H21N3O4/c1-2-15(8-9(13)16)11(19)14-12(7-10(17)18)5-3-4-6-12/h2-8H2,1H3,(H2,13,16)(H,14,19)(H,17,18). The maximum absolute atomic E-state index is 12.1. The molecule has 0 heterocycles. The number of rotatable bonds is 6. The van der Waals surface area contributed by atoms with Crippen LogP contribution in [0.5, 0.6) is 0 Å². The van der Waals surface area contributed by atoms with Crippen LogP contribution >= 0.6 is 0 Å². The molecular formula is C12H21N3O4. The van der Waals surface area contributed by atoms with Crippen LogP contribution in [-0.2, 0) is 9.59 Å². The van der Waals surface area contributed by atoms with E-state index in [1.165, 1.54) is 4.90 Å². The Morgan fingerprint density at radius 3 is 2.32 bits per heavy atom. The zero-order valence-electron chi connectivity index (χ0n) is 11.1. The number of amides is 3. The molecule has 108 valence electrons. The maximum Gasteiger partial charge on any atom is 0.318 e. The van der Waals surface area contributed by atoms with Crippen LogP contribution in [0.2, 0.25) is 0 Å². The highest BCUT2D eigenvalue weighted by Gasteiger charge is 2.38. The van der Waals surface area contributed by atoms with Gasteiger partial charge in [-0.2, -0.15) is 0 Å². The van der Waals surface area contributed by atoms with Gasteiger partial charge in [0.1, 0.15) is 6.54 Å². The first-order valence-corrected chi connectivity index (χ1v) is 6.46. The minimum Gasteiger partial charge on any atom is -0.481 e. The fraction of sp³-hybridized carbons (Fsp3) is 0.750. The first-order valence-electron chi connectivity index (χ1n) is 6.46. The molecule has 0 aromatic rings. The summed E-state index contributed by atoms with van der Waals surface area (Å²) in [6.07, 6.45) is 3.01. The van der Waals surface area contributed by atoms with E-state index in [0.717, 1.165) is 12.8 Å². The van der Waals surface area contributed by atoms with Crippen molar-refractivity contribution in [2.45, 2.75) is 44.6 Å². The van der Waals surface area contributed by atoms with Crippen molar-refractivity contribution >= 4 is 17.9 Å². The number of aliphatic carboxylic acids is 1. The second kappa shape index (κ2) is 6.40. The number of nitrogens with zero attached hydrogens (tertiary/aromatic N) is 1. The minimum absolute atomic E-state index is 0.0904. The van der Waals surface area contributed by atoms with Gasteiger partial charge < -0.3 is 21.1 Å². The molecule has 7 nitrogen and oxygen atoms in total. The SMILES string of the molecule is CCN(CC(N)=O)C(=O)NC1(CC(=O)O)CCCC1. The molecule has 3 amide bonds. The monoisotopic (exact) mass is 271 g/mol. The summed E-state index contributed by atoms with van der Waals surface area (Å²) in [5, 5.41) is 11.7. The molecule has 19 heavy (non-hydrogen) atoms. The van der Waals surface area contributed by atoms with E-state index in [0.29, 0.717) is 19.4 Å². The summed E-state index contributed by atoms with van der Waals surface area (Å²) in [7, 11) is 0. The second-order valence-electron chi connectivity index (χ2n) is 4.97. The number of hydrogen-bond donors (Lipinski definition) is 3. The number of likely N-dealkylation sites (N-methyl/N-ethyl adjacent to an activating group) is 1. The summed E-state index contributed by atoms with van der Waals surface area (Å²) in [4.78, 5) is 35.1. The molecule has 0 spiro atoms. The summed E-state index contributed by atoms with van der Waals surface area (Å²) in [5.74, 6) is -1.52. The molecule has 0 atom stereocenters. The van der Waals surface area contributed by atoms with Crippen molar-refractivity contribution in [2.75, 3.05) is 13.1 Å². The Bertz CT molecular complexity index is 364. The van der Waals surface area contributed by atoms with Gasteiger partial charge >= 0.3 is 12.0 Å². The normalized spacial score (nSPS) is 16.9. The van der Waals surface area contributed by atoms with Crippen LogP contribution in [0.4, 0.5) is 4.79 Å². The average Bonchev–Trinajstić information content (AvgIpc) is 2.72. The summed E-state index contributed by atoms with van der Waals surface area (Å²) in [6, 6.07) is -0.426. The fourth-order valence-electron chi connectivity index (χ4n) is 2.51. The van der Waals surface area contributed by atoms with E-state index in [4.69, 9.17) is 10.8 Å². The van der Waals surface area contributed by atoms with Gasteiger partial charge in [-0.1, -0.05) is 12.8 Å². The highest BCUT2D eigenvalue weighted by Crippen LogP contribution is 2.32. The lowest BCUT2D eigenvalue weighted by Crippen LogP contribution is -2.54. The Balaban J connectivity index is 2.70. The van der Waals surface area contributed by atoms with Gasteiger partial charge in [-0.25, -0.2) is 4.79 Å². The van der Waals surface area contributed by atoms with E-state index in [-0.39, 0.29) is 13.0 Å². The molecule has 1 saturated carbocycles. The first kappa shape index (κ1) is 15.3. The summed E-state index contributed by atoms with van der Waals surface area (Å²) in [6.45, 7) is 1.92. The highest BCUT2D eigenvalue weighted by atomic mass is 16.4. The molecule has 0 aliphatic heterocycles. The third-order valence-corrected chi connectivity index (χ3v) is 3.44. The molecule has 0 aromatic heterocycles. The molecule has 0 saturated heterocycles. The van der Waals surface area contributed by atoms with Crippen molar-refractivity contribution in [3.63, 3.8) is 0 Å². The molecule has 0 aromatic carbocycles. The quantitative estimate of drug-likeness (QED) is 0.644. The van der Waals surface area contributed by atoms with Crippen molar-refractivity contribution in [3.05, 3.63) is 0 Å². The maximum atomic E-state index is 12.1. The number of primary amides is 1. The van der Waals surface area contributed by atoms with Crippen molar-refractivity contribution in [2.24, 2.45) is 5.73 Å². The number of carboxylic acid groups (broad SMARTS) is 1. The molecule has 0 bridgehead atoms. The largest absolute Gasteiger partial charge is 0.481 e. The Labute approximate surface area is 112 Å². The topological polar surface area (TPSA) is 113 Å². The first-order chi connectivity index (χ1) is 8.88. The van der Waals surface area contributed by atoms with Gasteiger partial charge in [0.15, 0.2) is 0 Å². The van der Waals surface area contributed by atoms with E-state index in [1.54, 1.807) is 6.92 Å². The Hall–Kier alpha value is -1.79. The highest BCUT2D eigenvalue weighted by molar-refractivity contribution is 5.83. The lowest BCUT2D eigenvalue weighted by molar-refractivity contribution is -0.138. The van der Waals surface area contributed by atoms with E-state index in [9.17, 15) is 14.4 Å². The van der Waals surface area contributed by atoms with Crippen LogP contribution in [0.3, 0.4) is 0 Å². The predicted octanol–water partition coefficient (Wildman–Crippen LogP) is 0.291. The number of nitrogens with two attached hydrogens (primary N) is 1. The third kappa shape index (κ3) is 4.42. The molecule has 7 heteroatoms. The van der Waals surface area contributed by atoms with Gasteiger partial charge in [0.05, 0.1) is 12.0 Å². The lowest BCUT2D eigenvalue weighted by Gasteiger charge is -2.31. The van der Waals surface area contributed by atoms with Crippen LogP contribution in [0.15, 0.2) is 0 Å². The van der Waals surface area contributed by atoms with Crippen LogP contribution in [-0.4, -0.2) is 46.5 Å². The predicted molar refractivity (Wildman–Crippen MR) is 68.4 cm³/mol. The van der Waals surface area contributed by atoms with Crippen molar-refractivity contribution in [1.29, 1.82) is 0 Å². The van der Waals surface area contributed by atoms with Gasteiger partial charge in [0.2, 0.25) is 5.91 Å². The number of nitrogens with one attached hydrogen (secondary N) is 1. The van der Waals surface area contributed by atoms with Gasteiger partial charge in [0, 0.05) is 6.54 Å². The Morgan fingerprint density at radius 2 is 1.89 bits per heavy atom. The smallest absolute Gasteiger partial charge is 0.318 e. The van der Waals surface area contributed by atoms with Gasteiger partial charge in [-0.15, -0.1) is 0 Å². The van der Waals surface area contributed by atoms with E-state index >= 15 is 0 Å². The molecule has 1 fully saturated rings. The molecule has 0 radical (unpaired) electrons. The van der Waals surface area contributed by atoms with Crippen molar-refractivity contribution < 1.29 is 19.5 Å². The molecule has 0 unspecified atom stereocenters. The van der Waals surface area contributed by atoms with E-state index < -0.39 is 23.4 Å². The van der Waals surface area contributed by atoms with Crippen molar-refractivity contribution in [3.8, 4) is 0 Å². The van der Waals surface area contributed by atoms with Gasteiger partial charge in [-0.3, -0.25) is 9.59 Å². The third-order valence-electron chi connectivity index (χ3n) is 3.44. The van der Waals surface area contributed by atoms with Gasteiger partial charge in [0.25, 0.3) is 0 Å². The summed E-state index contributed by atoms with van der Waals surface area (Å²) >= 11 is 0. The number of carbonyl (C=O) groups is 3. The average molecular weight is 271 g/mol. The molecular weight excluding hydrogens is 250 g/mol. The zero-order valence-corrected chi connectivity index (χ0v) is 11.1. The molecule has 1 rings (SSSR count). The molecule has 4 N–H and O–H groups in total. The van der Waals surface area contributed by atoms with Crippen LogP contribution < -0.4 is 11.1 Å². The van der Waals surface area contributed by atoms with Crippen molar-refractivity contribution in [1.82, 2.24) is 10.2 Å². The second-order valence-corrected chi connectivity index (χ2v) is 4.97. The number of urea groups is 1. The van der Waals surface area contributed by atoms with Crippen LogP contribution in [0.25, 0.3) is 0 Å². The Morgan fingerprint density at radius 1 is 1.32 bits per heavy atom. The molecule has 1 aliphatic carbocycles. The van der Waals surface area contributed by atoms with E-state index in [2.05, 4.69) is 5.32 Å². The Kier molecular flexibility index (Phi) is 5.14. The van der Waals surface area contributed by atoms with E-state index in [1.807, 2.05) is 0 Å². The van der Waals surface area contributed by atoms with Crippen LogP contribution in [0.1, 0.15) is 39.0 Å². The fourth-order valence-corrected chi connectivity index (χ4v) is 2.51. The zero-order chi connectivity index (χ0) is 14.5. The summed E-state index contributed by atoms with van der Waals surface area (Å²) < 4.78 is 0. The van der Waals surface area contributed by atoms with Crippen LogP contribution in [0, 0.1) is 0 Å².